The minimum absolute atomic E-state index is 0.330. The van der Waals surface area contributed by atoms with Crippen LogP contribution in [0.4, 0.5) is 0 Å². The Hall–Kier alpha value is -3.17. The van der Waals surface area contributed by atoms with Crippen LogP contribution in [0.15, 0.2) is 78.9 Å². The lowest BCUT2D eigenvalue weighted by molar-refractivity contribution is -0.138. The number of rotatable bonds is 4. The molecule has 1 aromatic heterocycles. The molecule has 1 heterocycles. The Morgan fingerprint density at radius 1 is 0.931 bits per heavy atom. The Balaban J connectivity index is 1.70. The number of hydrogen-bond donors (Lipinski definition) is 0. The van der Waals surface area contributed by atoms with Gasteiger partial charge in [0.1, 0.15) is 0 Å². The maximum absolute atomic E-state index is 11.7. The maximum atomic E-state index is 11.7. The second-order valence-corrected chi connectivity index (χ2v) is 8.44. The number of thiophene rings is 1. The molecule has 0 N–H and O–H groups in total. The summed E-state index contributed by atoms with van der Waals surface area (Å²) in [6.45, 7) is 5.68. The van der Waals surface area contributed by atoms with Gasteiger partial charge in [-0.15, -0.1) is 11.3 Å². The minimum atomic E-state index is -0.330. The first-order valence-electron chi connectivity index (χ1n) is 9.71. The van der Waals surface area contributed by atoms with Crippen LogP contribution < -0.4 is 0 Å². The van der Waals surface area contributed by atoms with Gasteiger partial charge in [-0.3, -0.25) is 0 Å². The van der Waals surface area contributed by atoms with Crippen LogP contribution in [0.25, 0.3) is 41.7 Å². The lowest BCUT2D eigenvalue weighted by Crippen LogP contribution is -2.08. The van der Waals surface area contributed by atoms with E-state index in [2.05, 4.69) is 73.3 Å². The van der Waals surface area contributed by atoms with Crippen LogP contribution in [0.1, 0.15) is 12.5 Å². The Labute approximate surface area is 173 Å². The van der Waals surface area contributed by atoms with Crippen molar-refractivity contribution in [1.29, 1.82) is 0 Å². The van der Waals surface area contributed by atoms with Gasteiger partial charge in [-0.05, 0) is 40.1 Å². The summed E-state index contributed by atoms with van der Waals surface area (Å²) in [4.78, 5) is 11.7. The SMILES string of the molecule is C=C(C)C(=O)OCCc1cc2sc3c4ccccc4ccc3c2c2ccccc12. The van der Waals surface area contributed by atoms with Crippen LogP contribution in [-0.4, -0.2) is 12.6 Å². The molecule has 0 bridgehead atoms. The van der Waals surface area contributed by atoms with Crippen LogP contribution in [-0.2, 0) is 16.0 Å². The number of ether oxygens (including phenoxy) is 1. The average molecular weight is 397 g/mol. The normalized spacial score (nSPS) is 11.5. The molecule has 0 aliphatic heterocycles. The maximum Gasteiger partial charge on any atom is 0.333 e. The first-order valence-corrected chi connectivity index (χ1v) is 10.5. The molecule has 3 heteroatoms. The quantitative estimate of drug-likeness (QED) is 0.241. The van der Waals surface area contributed by atoms with Gasteiger partial charge in [-0.2, -0.15) is 0 Å². The zero-order chi connectivity index (χ0) is 20.0. The fourth-order valence-electron chi connectivity index (χ4n) is 4.02. The van der Waals surface area contributed by atoms with Gasteiger partial charge in [0, 0.05) is 32.2 Å². The molecular weight excluding hydrogens is 376 g/mol. The number of fused-ring (bicyclic) bond motifs is 7. The average Bonchev–Trinajstić information content (AvgIpc) is 3.12. The number of carbonyl (C=O) groups excluding carboxylic acids is 1. The fraction of sp³-hybridized carbons (Fsp3) is 0.115. The highest BCUT2D eigenvalue weighted by Crippen LogP contribution is 2.42. The Morgan fingerprint density at radius 2 is 1.66 bits per heavy atom. The molecule has 0 radical (unpaired) electrons. The summed E-state index contributed by atoms with van der Waals surface area (Å²) in [7, 11) is 0. The molecule has 0 aliphatic rings. The monoisotopic (exact) mass is 396 g/mol. The summed E-state index contributed by atoms with van der Waals surface area (Å²) in [5.74, 6) is -0.330. The van der Waals surface area contributed by atoms with Crippen molar-refractivity contribution < 1.29 is 9.53 Å². The van der Waals surface area contributed by atoms with Crippen LogP contribution in [0.5, 0.6) is 0 Å². The largest absolute Gasteiger partial charge is 0.462 e. The van der Waals surface area contributed by atoms with E-state index < -0.39 is 0 Å². The first kappa shape index (κ1) is 17.9. The molecule has 5 rings (SSSR count). The van der Waals surface area contributed by atoms with E-state index in [0.29, 0.717) is 18.6 Å². The number of hydrogen-bond acceptors (Lipinski definition) is 3. The molecule has 142 valence electrons. The first-order chi connectivity index (χ1) is 14.1. The minimum Gasteiger partial charge on any atom is -0.462 e. The van der Waals surface area contributed by atoms with Crippen molar-refractivity contribution in [2.75, 3.05) is 6.61 Å². The third-order valence-corrected chi connectivity index (χ3v) is 6.59. The molecule has 2 nitrogen and oxygen atoms in total. The van der Waals surface area contributed by atoms with Crippen molar-refractivity contribution >= 4 is 59.0 Å². The summed E-state index contributed by atoms with van der Waals surface area (Å²) < 4.78 is 7.95. The van der Waals surface area contributed by atoms with Crippen LogP contribution >= 0.6 is 11.3 Å². The lowest BCUT2D eigenvalue weighted by Gasteiger charge is -2.09. The van der Waals surface area contributed by atoms with E-state index in [1.807, 2.05) is 11.3 Å². The Bertz CT molecular complexity index is 1420. The predicted molar refractivity (Wildman–Crippen MR) is 124 cm³/mol. The van der Waals surface area contributed by atoms with E-state index in [1.165, 1.54) is 47.3 Å². The summed E-state index contributed by atoms with van der Waals surface area (Å²) >= 11 is 1.84. The molecule has 0 spiro atoms. The second-order valence-electron chi connectivity index (χ2n) is 7.39. The van der Waals surface area contributed by atoms with E-state index in [-0.39, 0.29) is 5.97 Å². The molecule has 0 atom stereocenters. The molecule has 0 amide bonds. The third-order valence-electron chi connectivity index (χ3n) is 5.41. The zero-order valence-corrected chi connectivity index (χ0v) is 17.0. The van der Waals surface area contributed by atoms with Gasteiger partial charge in [-0.1, -0.05) is 67.2 Å². The summed E-state index contributed by atoms with van der Waals surface area (Å²) in [5.41, 5.74) is 1.64. The van der Waals surface area contributed by atoms with Gasteiger partial charge in [0.05, 0.1) is 6.61 Å². The van der Waals surface area contributed by atoms with Gasteiger partial charge >= 0.3 is 5.97 Å². The highest BCUT2D eigenvalue weighted by atomic mass is 32.1. The number of esters is 1. The molecular formula is C26H20O2S. The van der Waals surface area contributed by atoms with Gasteiger partial charge in [0.15, 0.2) is 0 Å². The molecule has 29 heavy (non-hydrogen) atoms. The number of benzene rings is 4. The molecule has 0 saturated carbocycles. The van der Waals surface area contributed by atoms with E-state index in [9.17, 15) is 4.79 Å². The summed E-state index contributed by atoms with van der Waals surface area (Å²) in [6, 6.07) is 23.8. The topological polar surface area (TPSA) is 26.3 Å². The van der Waals surface area contributed by atoms with Crippen LogP contribution in [0.2, 0.25) is 0 Å². The van der Waals surface area contributed by atoms with E-state index in [1.54, 1.807) is 6.92 Å². The van der Waals surface area contributed by atoms with Gasteiger partial charge in [0.2, 0.25) is 0 Å². The standard InChI is InChI=1S/C26H20O2S/c1-16(2)26(27)28-14-13-18-15-23-24(21-10-6-5-8-19(18)21)22-12-11-17-7-3-4-9-20(17)25(22)29-23/h3-12,15H,1,13-14H2,2H3. The van der Waals surface area contributed by atoms with Crippen molar-refractivity contribution in [3.63, 3.8) is 0 Å². The van der Waals surface area contributed by atoms with Crippen molar-refractivity contribution in [2.24, 2.45) is 0 Å². The molecule has 0 saturated heterocycles. The number of carbonyl (C=O) groups is 1. The van der Waals surface area contributed by atoms with Gasteiger partial charge in [0.25, 0.3) is 0 Å². The van der Waals surface area contributed by atoms with Crippen LogP contribution in [0.3, 0.4) is 0 Å². The third kappa shape index (κ3) is 2.99. The summed E-state index contributed by atoms with van der Waals surface area (Å²) in [5, 5.41) is 7.66. The van der Waals surface area contributed by atoms with Crippen LogP contribution in [0, 0.1) is 0 Å². The molecule has 0 unspecified atom stereocenters. The zero-order valence-electron chi connectivity index (χ0n) is 16.2. The Morgan fingerprint density at radius 3 is 2.45 bits per heavy atom. The van der Waals surface area contributed by atoms with Crippen molar-refractivity contribution in [3.8, 4) is 0 Å². The van der Waals surface area contributed by atoms with Crippen molar-refractivity contribution in [1.82, 2.24) is 0 Å². The predicted octanol–water partition coefficient (Wildman–Crippen LogP) is 7.02. The molecule has 4 aromatic carbocycles. The Kier molecular flexibility index (Phi) is 4.33. The molecule has 0 aliphatic carbocycles. The van der Waals surface area contributed by atoms with Crippen molar-refractivity contribution in [3.05, 3.63) is 84.4 Å². The van der Waals surface area contributed by atoms with Crippen molar-refractivity contribution in [2.45, 2.75) is 13.3 Å². The highest BCUT2D eigenvalue weighted by molar-refractivity contribution is 7.26. The lowest BCUT2D eigenvalue weighted by atomic mass is 9.97. The fourth-order valence-corrected chi connectivity index (χ4v) is 5.34. The van der Waals surface area contributed by atoms with Gasteiger partial charge < -0.3 is 4.74 Å². The smallest absolute Gasteiger partial charge is 0.333 e. The van der Waals surface area contributed by atoms with E-state index >= 15 is 0 Å². The van der Waals surface area contributed by atoms with E-state index in [0.717, 1.165) is 0 Å². The van der Waals surface area contributed by atoms with Gasteiger partial charge in [-0.25, -0.2) is 4.79 Å². The highest BCUT2D eigenvalue weighted by Gasteiger charge is 2.14. The summed E-state index contributed by atoms with van der Waals surface area (Å²) in [6.07, 6.45) is 0.685. The van der Waals surface area contributed by atoms with E-state index in [4.69, 9.17) is 4.74 Å². The molecule has 5 aromatic rings. The second kappa shape index (κ2) is 7.02. The molecule has 0 fully saturated rings.